The van der Waals surface area contributed by atoms with Crippen molar-refractivity contribution in [3.8, 4) is 0 Å². The third kappa shape index (κ3) is 5.10. The van der Waals surface area contributed by atoms with E-state index in [0.717, 1.165) is 12.1 Å². The van der Waals surface area contributed by atoms with Crippen molar-refractivity contribution in [2.45, 2.75) is 13.0 Å². The number of halogens is 3. The number of carboxylic acid groups (broad SMARTS) is 1. The van der Waals surface area contributed by atoms with Gasteiger partial charge in [-0.15, -0.1) is 12.4 Å². The number of hydrogen-bond acceptors (Lipinski definition) is 3. The lowest BCUT2D eigenvalue weighted by atomic mass is 10.2. The van der Waals surface area contributed by atoms with Gasteiger partial charge in [-0.05, 0) is 26.1 Å². The number of aliphatic carboxylic acids is 1. The van der Waals surface area contributed by atoms with Crippen LogP contribution in [0.25, 0.3) is 0 Å². The lowest BCUT2D eigenvalue weighted by molar-refractivity contribution is -0.142. The number of likely N-dealkylation sites (N-methyl/N-ethyl adjacent to an activating group) is 1. The Morgan fingerprint density at radius 1 is 1.40 bits per heavy atom. The molecule has 1 amide bonds. The number of hydrogen-bond donors (Lipinski definition) is 2. The maximum absolute atomic E-state index is 13.3. The summed E-state index contributed by atoms with van der Waals surface area (Å²) in [6.45, 7) is 1.21. The summed E-state index contributed by atoms with van der Waals surface area (Å²) >= 11 is 0. The second-order valence-corrected chi connectivity index (χ2v) is 4.10. The van der Waals surface area contributed by atoms with Gasteiger partial charge in [0.2, 0.25) is 5.91 Å². The molecule has 2 N–H and O–H groups in total. The summed E-state index contributed by atoms with van der Waals surface area (Å²) in [6, 6.07) is 1.92. The Labute approximate surface area is 121 Å². The van der Waals surface area contributed by atoms with Crippen LogP contribution in [0.4, 0.5) is 14.5 Å². The first-order valence-corrected chi connectivity index (χ1v) is 5.49. The van der Waals surface area contributed by atoms with Crippen molar-refractivity contribution in [2.75, 3.05) is 18.9 Å². The molecule has 0 aliphatic rings. The highest BCUT2D eigenvalue weighted by Gasteiger charge is 2.19. The van der Waals surface area contributed by atoms with Gasteiger partial charge in [0, 0.05) is 6.07 Å². The summed E-state index contributed by atoms with van der Waals surface area (Å²) in [5.41, 5.74) is -0.150. The maximum atomic E-state index is 13.3. The minimum absolute atomic E-state index is 0. The van der Waals surface area contributed by atoms with Crippen LogP contribution in [0.3, 0.4) is 0 Å². The van der Waals surface area contributed by atoms with E-state index in [1.165, 1.54) is 18.9 Å². The predicted molar refractivity (Wildman–Crippen MR) is 72.0 cm³/mol. The fourth-order valence-corrected chi connectivity index (χ4v) is 1.33. The number of benzene rings is 1. The highest BCUT2D eigenvalue weighted by atomic mass is 35.5. The minimum atomic E-state index is -1.07. The van der Waals surface area contributed by atoms with E-state index in [4.69, 9.17) is 5.11 Å². The zero-order valence-electron chi connectivity index (χ0n) is 10.9. The molecule has 1 aromatic rings. The average Bonchev–Trinajstić information content (AvgIpc) is 2.31. The van der Waals surface area contributed by atoms with E-state index in [1.807, 2.05) is 0 Å². The van der Waals surface area contributed by atoms with Crippen LogP contribution in [0.15, 0.2) is 18.2 Å². The Morgan fingerprint density at radius 3 is 2.50 bits per heavy atom. The molecule has 0 aromatic heterocycles. The fraction of sp³-hybridized carbons (Fsp3) is 0.333. The van der Waals surface area contributed by atoms with Gasteiger partial charge in [0.05, 0.1) is 12.2 Å². The van der Waals surface area contributed by atoms with Gasteiger partial charge < -0.3 is 10.4 Å². The second-order valence-electron chi connectivity index (χ2n) is 4.10. The third-order valence-electron chi connectivity index (χ3n) is 2.62. The summed E-state index contributed by atoms with van der Waals surface area (Å²) in [5, 5.41) is 11.0. The van der Waals surface area contributed by atoms with Crippen LogP contribution < -0.4 is 5.32 Å². The smallest absolute Gasteiger partial charge is 0.320 e. The second kappa shape index (κ2) is 7.76. The van der Waals surface area contributed by atoms with E-state index in [1.54, 1.807) is 0 Å². The number of carboxylic acids is 1. The van der Waals surface area contributed by atoms with E-state index in [9.17, 15) is 18.4 Å². The molecule has 0 spiro atoms. The normalized spacial score (nSPS) is 11.7. The van der Waals surface area contributed by atoms with Crippen LogP contribution in [-0.4, -0.2) is 41.5 Å². The molecule has 5 nitrogen and oxygen atoms in total. The van der Waals surface area contributed by atoms with E-state index in [-0.39, 0.29) is 24.6 Å². The maximum Gasteiger partial charge on any atom is 0.320 e. The molecule has 1 unspecified atom stereocenters. The van der Waals surface area contributed by atoms with Crippen molar-refractivity contribution in [3.63, 3.8) is 0 Å². The van der Waals surface area contributed by atoms with Crippen LogP contribution in [0.2, 0.25) is 0 Å². The molecule has 1 atom stereocenters. The number of carbonyl (C=O) groups is 2. The van der Waals surface area contributed by atoms with Crippen LogP contribution in [0, 0.1) is 11.6 Å². The van der Waals surface area contributed by atoms with Gasteiger partial charge in [0.1, 0.15) is 17.7 Å². The Kier molecular flexibility index (Phi) is 7.09. The molecular weight excluding hydrogens is 294 g/mol. The zero-order chi connectivity index (χ0) is 14.6. The highest BCUT2D eigenvalue weighted by molar-refractivity contribution is 5.92. The molecule has 0 fully saturated rings. The average molecular weight is 309 g/mol. The Morgan fingerprint density at radius 2 is 2.00 bits per heavy atom. The SMILES string of the molecule is CC(C(=O)O)N(C)CC(=O)Nc1ccc(F)cc1F.Cl. The lowest BCUT2D eigenvalue weighted by Crippen LogP contribution is -2.40. The molecule has 1 aromatic carbocycles. The highest BCUT2D eigenvalue weighted by Crippen LogP contribution is 2.14. The monoisotopic (exact) mass is 308 g/mol. The summed E-state index contributed by atoms with van der Waals surface area (Å²) < 4.78 is 25.9. The van der Waals surface area contributed by atoms with Crippen LogP contribution >= 0.6 is 12.4 Å². The predicted octanol–water partition coefficient (Wildman–Crippen LogP) is 1.73. The van der Waals surface area contributed by atoms with Crippen molar-refractivity contribution >= 4 is 30.0 Å². The zero-order valence-corrected chi connectivity index (χ0v) is 11.7. The van der Waals surface area contributed by atoms with E-state index in [2.05, 4.69) is 5.32 Å². The van der Waals surface area contributed by atoms with Gasteiger partial charge in [-0.25, -0.2) is 8.78 Å². The number of anilines is 1. The summed E-state index contributed by atoms with van der Waals surface area (Å²) in [5.74, 6) is -3.28. The molecular formula is C12H15ClF2N2O3. The lowest BCUT2D eigenvalue weighted by Gasteiger charge is -2.20. The topological polar surface area (TPSA) is 69.6 Å². The van der Waals surface area contributed by atoms with Crippen molar-refractivity contribution in [1.82, 2.24) is 4.90 Å². The molecule has 0 bridgehead atoms. The molecule has 8 heteroatoms. The summed E-state index contributed by atoms with van der Waals surface area (Å²) in [4.78, 5) is 23.6. The quantitative estimate of drug-likeness (QED) is 0.869. The Hall–Kier alpha value is -1.73. The molecule has 0 radical (unpaired) electrons. The standard InChI is InChI=1S/C12H14F2N2O3.ClH/c1-7(12(18)19)16(2)6-11(17)15-10-4-3-8(13)5-9(10)14;/h3-5,7H,6H2,1-2H3,(H,15,17)(H,18,19);1H. The van der Waals surface area contributed by atoms with Crippen molar-refractivity contribution < 1.29 is 23.5 Å². The van der Waals surface area contributed by atoms with Gasteiger partial charge in [-0.1, -0.05) is 0 Å². The molecule has 0 aliphatic heterocycles. The Balaban J connectivity index is 0.00000361. The molecule has 0 aliphatic carbocycles. The van der Waals surface area contributed by atoms with Crippen LogP contribution in [0.1, 0.15) is 6.92 Å². The molecule has 0 saturated heterocycles. The third-order valence-corrected chi connectivity index (χ3v) is 2.62. The molecule has 0 heterocycles. The molecule has 112 valence electrons. The molecule has 20 heavy (non-hydrogen) atoms. The number of rotatable bonds is 5. The van der Waals surface area contributed by atoms with E-state index >= 15 is 0 Å². The number of amides is 1. The van der Waals surface area contributed by atoms with Crippen molar-refractivity contribution in [2.24, 2.45) is 0 Å². The van der Waals surface area contributed by atoms with Gasteiger partial charge in [0.25, 0.3) is 0 Å². The van der Waals surface area contributed by atoms with Crippen LogP contribution in [-0.2, 0) is 9.59 Å². The first-order valence-electron chi connectivity index (χ1n) is 5.49. The first kappa shape index (κ1) is 18.3. The van der Waals surface area contributed by atoms with Gasteiger partial charge in [-0.3, -0.25) is 14.5 Å². The molecule has 0 saturated carbocycles. The van der Waals surface area contributed by atoms with Crippen molar-refractivity contribution in [1.29, 1.82) is 0 Å². The summed E-state index contributed by atoms with van der Waals surface area (Å²) in [6.07, 6.45) is 0. The van der Waals surface area contributed by atoms with Gasteiger partial charge in [-0.2, -0.15) is 0 Å². The molecule has 1 rings (SSSR count). The van der Waals surface area contributed by atoms with E-state index in [0.29, 0.717) is 6.07 Å². The van der Waals surface area contributed by atoms with Gasteiger partial charge >= 0.3 is 5.97 Å². The van der Waals surface area contributed by atoms with Crippen molar-refractivity contribution in [3.05, 3.63) is 29.8 Å². The van der Waals surface area contributed by atoms with Gasteiger partial charge in [0.15, 0.2) is 0 Å². The number of carbonyl (C=O) groups excluding carboxylic acids is 1. The van der Waals surface area contributed by atoms with Crippen LogP contribution in [0.5, 0.6) is 0 Å². The first-order chi connectivity index (χ1) is 8.81. The van der Waals surface area contributed by atoms with E-state index < -0.39 is 29.6 Å². The summed E-state index contributed by atoms with van der Waals surface area (Å²) in [7, 11) is 1.46. The largest absolute Gasteiger partial charge is 0.480 e. The minimum Gasteiger partial charge on any atom is -0.480 e. The fourth-order valence-electron chi connectivity index (χ4n) is 1.33. The Bertz CT molecular complexity index is 500. The number of nitrogens with one attached hydrogen (secondary N) is 1. The number of nitrogens with zero attached hydrogens (tertiary/aromatic N) is 1.